The Bertz CT molecular complexity index is 923. The Morgan fingerprint density at radius 3 is 2.46 bits per heavy atom. The van der Waals surface area contributed by atoms with Gasteiger partial charge in [-0.05, 0) is 54.8 Å². The second-order valence-corrected chi connectivity index (χ2v) is 8.84. The molecular formula is C20H23FN2O4S. The lowest BCUT2D eigenvalue weighted by atomic mass is 9.97. The van der Waals surface area contributed by atoms with Gasteiger partial charge in [-0.3, -0.25) is 4.79 Å². The molecule has 1 fully saturated rings. The first-order chi connectivity index (χ1) is 13.3. The molecule has 1 aliphatic heterocycles. The summed E-state index contributed by atoms with van der Waals surface area (Å²) in [7, 11) is -3.20. The van der Waals surface area contributed by atoms with Gasteiger partial charge in [-0.15, -0.1) is 0 Å². The molecule has 2 aromatic rings. The van der Waals surface area contributed by atoms with Gasteiger partial charge in [0.15, 0.2) is 0 Å². The van der Waals surface area contributed by atoms with Gasteiger partial charge in [-0.1, -0.05) is 12.1 Å². The Balaban J connectivity index is 1.52. The molecule has 0 atom stereocenters. The van der Waals surface area contributed by atoms with Crippen molar-refractivity contribution in [2.24, 2.45) is 5.92 Å². The van der Waals surface area contributed by atoms with Crippen LogP contribution in [0.15, 0.2) is 48.5 Å². The highest BCUT2D eigenvalue weighted by molar-refractivity contribution is 7.88. The summed E-state index contributed by atoms with van der Waals surface area (Å²) in [6.45, 7) is 1.10. The lowest BCUT2D eigenvalue weighted by molar-refractivity contribution is -0.126. The summed E-state index contributed by atoms with van der Waals surface area (Å²) < 4.78 is 43.2. The van der Waals surface area contributed by atoms with Gasteiger partial charge in [0.05, 0.1) is 6.26 Å². The van der Waals surface area contributed by atoms with Crippen molar-refractivity contribution in [3.05, 3.63) is 59.9 Å². The third-order valence-electron chi connectivity index (χ3n) is 4.71. The van der Waals surface area contributed by atoms with Gasteiger partial charge in [0, 0.05) is 25.6 Å². The lowest BCUT2D eigenvalue weighted by Gasteiger charge is -2.29. The highest BCUT2D eigenvalue weighted by Gasteiger charge is 2.28. The van der Waals surface area contributed by atoms with Gasteiger partial charge in [-0.2, -0.15) is 0 Å². The summed E-state index contributed by atoms with van der Waals surface area (Å²) in [4.78, 5) is 12.4. The summed E-state index contributed by atoms with van der Waals surface area (Å²) in [5.41, 5.74) is 0.876. The quantitative estimate of drug-likeness (QED) is 0.800. The van der Waals surface area contributed by atoms with E-state index >= 15 is 0 Å². The molecule has 1 aliphatic rings. The van der Waals surface area contributed by atoms with Crippen LogP contribution in [0, 0.1) is 11.7 Å². The first kappa shape index (κ1) is 20.3. The average Bonchev–Trinajstić information content (AvgIpc) is 2.68. The smallest absolute Gasteiger partial charge is 0.223 e. The molecule has 150 valence electrons. The molecule has 1 heterocycles. The number of nitrogens with zero attached hydrogens (tertiary/aromatic N) is 1. The van der Waals surface area contributed by atoms with E-state index in [-0.39, 0.29) is 17.6 Å². The molecule has 1 amide bonds. The molecule has 2 aromatic carbocycles. The Labute approximate surface area is 164 Å². The number of amides is 1. The van der Waals surface area contributed by atoms with E-state index in [1.807, 2.05) is 18.2 Å². The van der Waals surface area contributed by atoms with E-state index in [2.05, 4.69) is 5.32 Å². The number of hydrogen-bond acceptors (Lipinski definition) is 4. The first-order valence-electron chi connectivity index (χ1n) is 9.06. The minimum absolute atomic E-state index is 0.0713. The lowest BCUT2D eigenvalue weighted by Crippen LogP contribution is -2.42. The third kappa shape index (κ3) is 5.53. The molecule has 1 N–H and O–H groups in total. The highest BCUT2D eigenvalue weighted by Crippen LogP contribution is 2.23. The van der Waals surface area contributed by atoms with Crippen molar-refractivity contribution in [3.8, 4) is 11.5 Å². The molecule has 0 spiro atoms. The number of carbonyl (C=O) groups is 1. The topological polar surface area (TPSA) is 75.7 Å². The Hall–Kier alpha value is -2.45. The fraction of sp³-hybridized carbons (Fsp3) is 0.350. The van der Waals surface area contributed by atoms with Crippen LogP contribution in [-0.2, 0) is 21.4 Å². The van der Waals surface area contributed by atoms with Crippen molar-refractivity contribution >= 4 is 15.9 Å². The molecule has 0 unspecified atom stereocenters. The van der Waals surface area contributed by atoms with Crippen LogP contribution in [-0.4, -0.2) is 38.0 Å². The normalized spacial score (nSPS) is 15.9. The molecule has 3 rings (SSSR count). The number of rotatable bonds is 6. The Morgan fingerprint density at radius 2 is 1.82 bits per heavy atom. The average molecular weight is 406 g/mol. The molecule has 1 saturated heterocycles. The monoisotopic (exact) mass is 406 g/mol. The summed E-state index contributed by atoms with van der Waals surface area (Å²) in [6.07, 6.45) is 2.23. The standard InChI is InChI=1S/C20H23FN2O4S/c1-28(25,26)23-11-9-16(10-12-23)20(24)22-14-15-3-2-4-19(13-15)27-18-7-5-17(21)6-8-18/h2-8,13,16H,9-12,14H2,1H3,(H,22,24). The van der Waals surface area contributed by atoms with Crippen LogP contribution in [0.25, 0.3) is 0 Å². The van der Waals surface area contributed by atoms with Crippen LogP contribution < -0.4 is 10.1 Å². The number of ether oxygens (including phenoxy) is 1. The van der Waals surface area contributed by atoms with Gasteiger partial charge in [-0.25, -0.2) is 17.1 Å². The van der Waals surface area contributed by atoms with E-state index in [0.717, 1.165) is 5.56 Å². The van der Waals surface area contributed by atoms with Crippen molar-refractivity contribution in [3.63, 3.8) is 0 Å². The van der Waals surface area contributed by atoms with Crippen LogP contribution in [0.1, 0.15) is 18.4 Å². The molecule has 8 heteroatoms. The minimum Gasteiger partial charge on any atom is -0.457 e. The predicted molar refractivity (Wildman–Crippen MR) is 104 cm³/mol. The van der Waals surface area contributed by atoms with E-state index in [9.17, 15) is 17.6 Å². The van der Waals surface area contributed by atoms with Crippen LogP contribution in [0.3, 0.4) is 0 Å². The van der Waals surface area contributed by atoms with Crippen LogP contribution in [0.5, 0.6) is 11.5 Å². The van der Waals surface area contributed by atoms with Crippen molar-refractivity contribution in [2.45, 2.75) is 19.4 Å². The molecule has 0 radical (unpaired) electrons. The van der Waals surface area contributed by atoms with E-state index in [4.69, 9.17) is 4.74 Å². The number of nitrogens with one attached hydrogen (secondary N) is 1. The first-order valence-corrected chi connectivity index (χ1v) is 10.9. The van der Waals surface area contributed by atoms with Gasteiger partial charge >= 0.3 is 0 Å². The number of sulfonamides is 1. The van der Waals surface area contributed by atoms with Gasteiger partial charge in [0.2, 0.25) is 15.9 Å². The van der Waals surface area contributed by atoms with Crippen molar-refractivity contribution in [1.82, 2.24) is 9.62 Å². The fourth-order valence-electron chi connectivity index (χ4n) is 3.14. The van der Waals surface area contributed by atoms with Crippen molar-refractivity contribution in [1.29, 1.82) is 0 Å². The summed E-state index contributed by atoms with van der Waals surface area (Å²) in [6, 6.07) is 13.1. The van der Waals surface area contributed by atoms with E-state index in [0.29, 0.717) is 44.0 Å². The predicted octanol–water partition coefficient (Wildman–Crippen LogP) is 2.91. The van der Waals surface area contributed by atoms with Crippen LogP contribution >= 0.6 is 0 Å². The Morgan fingerprint density at radius 1 is 1.14 bits per heavy atom. The zero-order valence-corrected chi connectivity index (χ0v) is 16.4. The molecule has 0 aliphatic carbocycles. The largest absolute Gasteiger partial charge is 0.457 e. The molecule has 6 nitrogen and oxygen atoms in total. The van der Waals surface area contributed by atoms with E-state index < -0.39 is 10.0 Å². The number of carbonyl (C=O) groups excluding carboxylic acids is 1. The van der Waals surface area contributed by atoms with Crippen LogP contribution in [0.4, 0.5) is 4.39 Å². The Kier molecular flexibility index (Phi) is 6.31. The number of halogens is 1. The van der Waals surface area contributed by atoms with E-state index in [1.165, 1.54) is 22.7 Å². The maximum atomic E-state index is 13.0. The molecular weight excluding hydrogens is 383 g/mol. The zero-order chi connectivity index (χ0) is 20.1. The summed E-state index contributed by atoms with van der Waals surface area (Å²) in [5, 5.41) is 2.91. The number of benzene rings is 2. The number of hydrogen-bond donors (Lipinski definition) is 1. The molecule has 0 bridgehead atoms. The molecule has 0 saturated carbocycles. The molecule has 0 aromatic heterocycles. The summed E-state index contributed by atoms with van der Waals surface area (Å²) in [5.74, 6) is 0.542. The van der Waals surface area contributed by atoms with Gasteiger partial charge in [0.25, 0.3) is 0 Å². The zero-order valence-electron chi connectivity index (χ0n) is 15.6. The highest BCUT2D eigenvalue weighted by atomic mass is 32.2. The second kappa shape index (κ2) is 8.70. The summed E-state index contributed by atoms with van der Waals surface area (Å²) >= 11 is 0. The third-order valence-corrected chi connectivity index (χ3v) is 6.01. The second-order valence-electron chi connectivity index (χ2n) is 6.86. The molecule has 28 heavy (non-hydrogen) atoms. The minimum atomic E-state index is -3.20. The van der Waals surface area contributed by atoms with Crippen molar-refractivity contribution < 1.29 is 22.3 Å². The maximum Gasteiger partial charge on any atom is 0.223 e. The fourth-order valence-corrected chi connectivity index (χ4v) is 4.01. The van der Waals surface area contributed by atoms with Gasteiger partial charge < -0.3 is 10.1 Å². The maximum absolute atomic E-state index is 13.0. The van der Waals surface area contributed by atoms with Gasteiger partial charge in [0.1, 0.15) is 17.3 Å². The number of piperidine rings is 1. The van der Waals surface area contributed by atoms with Crippen molar-refractivity contribution in [2.75, 3.05) is 19.3 Å². The van der Waals surface area contributed by atoms with E-state index in [1.54, 1.807) is 18.2 Å². The SMILES string of the molecule is CS(=O)(=O)N1CCC(C(=O)NCc2cccc(Oc3ccc(F)cc3)c2)CC1. The van der Waals surface area contributed by atoms with Crippen LogP contribution in [0.2, 0.25) is 0 Å².